The van der Waals surface area contributed by atoms with Crippen molar-refractivity contribution < 1.29 is 14.3 Å². The van der Waals surface area contributed by atoms with Crippen molar-refractivity contribution >= 4 is 43.6 Å². The number of halogens is 2. The van der Waals surface area contributed by atoms with Crippen LogP contribution in [0.4, 0.5) is 0 Å². The van der Waals surface area contributed by atoms with Crippen molar-refractivity contribution in [2.75, 3.05) is 0 Å². The molecule has 1 aromatic rings. The van der Waals surface area contributed by atoms with Crippen LogP contribution >= 0.6 is 31.9 Å². The molecule has 17 heavy (non-hydrogen) atoms. The zero-order valence-corrected chi connectivity index (χ0v) is 11.8. The van der Waals surface area contributed by atoms with Crippen LogP contribution in [0.25, 0.3) is 0 Å². The monoisotopic (exact) mass is 358 g/mol. The second kappa shape index (κ2) is 4.74. The molecule has 2 rings (SSSR count). The van der Waals surface area contributed by atoms with Gasteiger partial charge in [-0.15, -0.1) is 0 Å². The molecule has 5 heteroatoms. The van der Waals surface area contributed by atoms with Gasteiger partial charge >= 0.3 is 5.97 Å². The third kappa shape index (κ3) is 2.66. The van der Waals surface area contributed by atoms with E-state index in [9.17, 15) is 9.59 Å². The average Bonchev–Trinajstić information content (AvgIpc) is 2.96. The summed E-state index contributed by atoms with van der Waals surface area (Å²) in [5.74, 6) is -0.362. The highest BCUT2D eigenvalue weighted by Crippen LogP contribution is 2.45. The van der Waals surface area contributed by atoms with Crippen molar-refractivity contribution in [1.29, 1.82) is 0 Å². The van der Waals surface area contributed by atoms with Crippen LogP contribution in [0.1, 0.15) is 16.8 Å². The predicted molar refractivity (Wildman–Crippen MR) is 70.1 cm³/mol. The number of hydrogen-bond acceptors (Lipinski definition) is 3. The van der Waals surface area contributed by atoms with E-state index >= 15 is 0 Å². The van der Waals surface area contributed by atoms with Crippen molar-refractivity contribution in [3.8, 4) is 0 Å². The summed E-state index contributed by atoms with van der Waals surface area (Å²) in [5.41, 5.74) is 0.649. The van der Waals surface area contributed by atoms with Crippen molar-refractivity contribution in [3.63, 3.8) is 0 Å². The first kappa shape index (κ1) is 12.5. The van der Waals surface area contributed by atoms with Gasteiger partial charge in [0.05, 0.1) is 4.48 Å². The Balaban J connectivity index is 2.02. The van der Waals surface area contributed by atoms with E-state index in [1.807, 2.05) is 18.2 Å². The first-order chi connectivity index (χ1) is 8.04. The number of alkyl halides is 1. The number of ketones is 1. The smallest absolute Gasteiger partial charge is 0.369 e. The molecule has 0 unspecified atom stereocenters. The number of cyclic esters (lactones) is 1. The molecule has 0 amide bonds. The van der Waals surface area contributed by atoms with E-state index < -0.39 is 4.51 Å². The number of Topliss-reactive ketones (excluding diaryl/α,β-unsaturated/α-hetero) is 1. The molecule has 1 saturated heterocycles. The number of rotatable bonds is 4. The Morgan fingerprint density at radius 3 is 2.47 bits per heavy atom. The maximum Gasteiger partial charge on any atom is 0.369 e. The van der Waals surface area contributed by atoms with Crippen LogP contribution in [-0.4, -0.2) is 16.3 Å². The molecule has 88 valence electrons. The Hall–Kier alpha value is -0.940. The number of carbonyl (C=O) groups is 2. The normalized spacial score (nSPS) is 23.2. The van der Waals surface area contributed by atoms with E-state index in [0.717, 1.165) is 0 Å². The number of hydrogen-bond donors (Lipinski definition) is 0. The van der Waals surface area contributed by atoms with Crippen molar-refractivity contribution in [3.05, 3.63) is 46.5 Å². The number of ether oxygens (including phenoxy) is 1. The molecule has 0 bridgehead atoms. The van der Waals surface area contributed by atoms with E-state index in [0.29, 0.717) is 10.0 Å². The second-order valence-corrected chi connectivity index (χ2v) is 5.50. The summed E-state index contributed by atoms with van der Waals surface area (Å²) in [4.78, 5) is 22.7. The van der Waals surface area contributed by atoms with Gasteiger partial charge in [-0.2, -0.15) is 0 Å². The minimum Gasteiger partial charge on any atom is -0.427 e. The van der Waals surface area contributed by atoms with E-state index in [2.05, 4.69) is 31.9 Å². The first-order valence-corrected chi connectivity index (χ1v) is 6.49. The lowest BCUT2D eigenvalue weighted by molar-refractivity contribution is -0.117. The molecule has 1 aliphatic heterocycles. The lowest BCUT2D eigenvalue weighted by atomic mass is 10.1. The van der Waals surface area contributed by atoms with E-state index in [1.165, 1.54) is 0 Å². The van der Waals surface area contributed by atoms with Crippen LogP contribution in [0.3, 0.4) is 0 Å². The topological polar surface area (TPSA) is 46.7 Å². The van der Waals surface area contributed by atoms with Gasteiger partial charge in [-0.05, 0) is 31.9 Å². The molecule has 1 atom stereocenters. The van der Waals surface area contributed by atoms with Crippen LogP contribution < -0.4 is 0 Å². The maximum absolute atomic E-state index is 11.8. The molecule has 0 saturated carbocycles. The number of allylic oxidation sites excluding steroid dienone is 1. The van der Waals surface area contributed by atoms with Crippen LogP contribution in [0.5, 0.6) is 0 Å². The van der Waals surface area contributed by atoms with E-state index in [4.69, 9.17) is 4.74 Å². The summed E-state index contributed by atoms with van der Waals surface area (Å²) in [5, 5.41) is 0. The van der Waals surface area contributed by atoms with Crippen LogP contribution in [0, 0.1) is 0 Å². The highest BCUT2D eigenvalue weighted by Gasteiger charge is 2.58. The Labute approximate surface area is 115 Å². The molecular weight excluding hydrogens is 352 g/mol. The summed E-state index contributed by atoms with van der Waals surface area (Å²) in [7, 11) is 0. The highest BCUT2D eigenvalue weighted by molar-refractivity contribution is 9.14. The SMILES string of the molecule is O=C(CC=C(Br)[C@@]1(Br)OC1=O)c1ccccc1. The fourth-order valence-electron chi connectivity index (χ4n) is 1.30. The lowest BCUT2D eigenvalue weighted by Gasteiger charge is -1.99. The predicted octanol–water partition coefficient (Wildman–Crippen LogP) is 3.19. The van der Waals surface area contributed by atoms with Crippen molar-refractivity contribution in [2.24, 2.45) is 0 Å². The molecule has 0 N–H and O–H groups in total. The Morgan fingerprint density at radius 1 is 1.35 bits per heavy atom. The molecule has 1 aliphatic rings. The average molecular weight is 360 g/mol. The van der Waals surface area contributed by atoms with Gasteiger partial charge in [-0.1, -0.05) is 36.4 Å². The Morgan fingerprint density at radius 2 is 1.94 bits per heavy atom. The van der Waals surface area contributed by atoms with Gasteiger partial charge in [0.1, 0.15) is 0 Å². The van der Waals surface area contributed by atoms with Crippen molar-refractivity contribution in [1.82, 2.24) is 0 Å². The quantitative estimate of drug-likeness (QED) is 0.471. The fourth-order valence-corrected chi connectivity index (χ4v) is 2.02. The fraction of sp³-hybridized carbons (Fsp3) is 0.167. The molecule has 1 fully saturated rings. The molecular formula is C12H8Br2O3. The largest absolute Gasteiger partial charge is 0.427 e. The first-order valence-electron chi connectivity index (χ1n) is 4.91. The van der Waals surface area contributed by atoms with Gasteiger partial charge in [0, 0.05) is 12.0 Å². The highest BCUT2D eigenvalue weighted by atomic mass is 79.9. The third-order valence-electron chi connectivity index (χ3n) is 2.32. The molecule has 0 spiro atoms. The van der Waals surface area contributed by atoms with Crippen LogP contribution in [-0.2, 0) is 9.53 Å². The summed E-state index contributed by atoms with van der Waals surface area (Å²) in [6.45, 7) is 0. The van der Waals surface area contributed by atoms with Gasteiger partial charge < -0.3 is 4.74 Å². The van der Waals surface area contributed by atoms with Crippen LogP contribution in [0.2, 0.25) is 0 Å². The molecule has 0 radical (unpaired) electrons. The zero-order chi connectivity index (χ0) is 12.5. The number of epoxide rings is 1. The lowest BCUT2D eigenvalue weighted by Crippen LogP contribution is -2.03. The summed E-state index contributed by atoms with van der Waals surface area (Å²) < 4.78 is 4.23. The van der Waals surface area contributed by atoms with Crippen molar-refractivity contribution in [2.45, 2.75) is 10.9 Å². The zero-order valence-electron chi connectivity index (χ0n) is 8.65. The Bertz CT molecular complexity index is 496. The number of carbonyl (C=O) groups excluding carboxylic acids is 2. The van der Waals surface area contributed by atoms with E-state index in [1.54, 1.807) is 18.2 Å². The molecule has 0 aliphatic carbocycles. The minimum absolute atomic E-state index is 0.00764. The van der Waals surface area contributed by atoms with Gasteiger partial charge in [-0.3, -0.25) is 4.79 Å². The van der Waals surface area contributed by atoms with Gasteiger partial charge in [-0.25, -0.2) is 4.79 Å². The standard InChI is InChI=1S/C12H8Br2O3/c13-10(12(14)11(16)17-12)7-6-9(15)8-4-2-1-3-5-8/h1-5,7H,6H2/t12-/m1/s1. The molecule has 0 aromatic heterocycles. The molecule has 3 nitrogen and oxygen atoms in total. The summed E-state index contributed by atoms with van der Waals surface area (Å²) >= 11 is 6.35. The van der Waals surface area contributed by atoms with Gasteiger partial charge in [0.2, 0.25) is 0 Å². The van der Waals surface area contributed by atoms with Gasteiger partial charge in [0.15, 0.2) is 5.78 Å². The third-order valence-corrected chi connectivity index (χ3v) is 4.65. The minimum atomic E-state index is -1.05. The molecule has 1 heterocycles. The summed E-state index contributed by atoms with van der Waals surface area (Å²) in [6.07, 6.45) is 1.85. The summed E-state index contributed by atoms with van der Waals surface area (Å²) in [6, 6.07) is 8.99. The molecule has 1 aromatic carbocycles. The Kier molecular flexibility index (Phi) is 3.49. The van der Waals surface area contributed by atoms with E-state index in [-0.39, 0.29) is 18.2 Å². The van der Waals surface area contributed by atoms with Crippen LogP contribution in [0.15, 0.2) is 40.9 Å². The maximum atomic E-state index is 11.8. The van der Waals surface area contributed by atoms with Gasteiger partial charge in [0.25, 0.3) is 4.51 Å². The second-order valence-electron chi connectivity index (χ2n) is 3.53. The number of benzene rings is 1.